The fourth-order valence-electron chi connectivity index (χ4n) is 2.45. The Morgan fingerprint density at radius 1 is 1.33 bits per heavy atom. The van der Waals surface area contributed by atoms with Gasteiger partial charge in [-0.3, -0.25) is 5.41 Å². The third kappa shape index (κ3) is 2.72. The monoisotopic (exact) mass is 246 g/mol. The standard InChI is InChI=1S/C15H22N2O/c1-15(2,8-9-18-3)11-17-10-12-6-4-5-7-13(12)14(17)16/h4-7,16H,8-11H2,1-3H3. The quantitative estimate of drug-likeness (QED) is 0.867. The van der Waals surface area contributed by atoms with Gasteiger partial charge >= 0.3 is 0 Å². The highest BCUT2D eigenvalue weighted by Gasteiger charge is 2.29. The molecule has 0 aromatic heterocycles. The smallest absolute Gasteiger partial charge is 0.128 e. The second-order valence-corrected chi connectivity index (χ2v) is 5.77. The third-order valence-electron chi connectivity index (χ3n) is 3.55. The molecule has 0 saturated heterocycles. The molecule has 0 unspecified atom stereocenters. The van der Waals surface area contributed by atoms with Gasteiger partial charge in [-0.2, -0.15) is 0 Å². The van der Waals surface area contributed by atoms with Gasteiger partial charge in [-0.15, -0.1) is 0 Å². The van der Waals surface area contributed by atoms with E-state index >= 15 is 0 Å². The molecular weight excluding hydrogens is 224 g/mol. The molecule has 2 rings (SSSR count). The molecule has 0 fully saturated rings. The van der Waals surface area contributed by atoms with E-state index < -0.39 is 0 Å². The Bertz CT molecular complexity index is 440. The number of ether oxygens (including phenoxy) is 1. The number of nitrogens with zero attached hydrogens (tertiary/aromatic N) is 1. The number of hydrogen-bond donors (Lipinski definition) is 1. The molecule has 1 aliphatic heterocycles. The van der Waals surface area contributed by atoms with Gasteiger partial charge in [-0.1, -0.05) is 38.1 Å². The highest BCUT2D eigenvalue weighted by atomic mass is 16.5. The van der Waals surface area contributed by atoms with Crippen molar-refractivity contribution >= 4 is 5.84 Å². The lowest BCUT2D eigenvalue weighted by molar-refractivity contribution is 0.136. The van der Waals surface area contributed by atoms with Crippen molar-refractivity contribution in [3.05, 3.63) is 35.4 Å². The van der Waals surface area contributed by atoms with Crippen LogP contribution in [-0.4, -0.2) is 31.0 Å². The van der Waals surface area contributed by atoms with Crippen LogP contribution in [0.2, 0.25) is 0 Å². The van der Waals surface area contributed by atoms with Crippen LogP contribution in [0, 0.1) is 10.8 Å². The Labute approximate surface area is 109 Å². The maximum atomic E-state index is 8.24. The van der Waals surface area contributed by atoms with Crippen LogP contribution in [0.3, 0.4) is 0 Å². The van der Waals surface area contributed by atoms with Crippen LogP contribution in [0.1, 0.15) is 31.4 Å². The molecule has 1 aliphatic rings. The fraction of sp³-hybridized carbons (Fsp3) is 0.533. The van der Waals surface area contributed by atoms with Gasteiger partial charge in [0.05, 0.1) is 0 Å². The zero-order chi connectivity index (χ0) is 13.2. The predicted octanol–water partition coefficient (Wildman–Crippen LogP) is 2.89. The predicted molar refractivity (Wildman–Crippen MR) is 74.0 cm³/mol. The van der Waals surface area contributed by atoms with E-state index in [1.807, 2.05) is 18.2 Å². The van der Waals surface area contributed by atoms with E-state index in [2.05, 4.69) is 24.8 Å². The first-order chi connectivity index (χ1) is 8.53. The van der Waals surface area contributed by atoms with Crippen LogP contribution in [0.25, 0.3) is 0 Å². The SMILES string of the molecule is COCCC(C)(C)CN1Cc2ccccc2C1=N. The topological polar surface area (TPSA) is 36.3 Å². The molecule has 1 aromatic carbocycles. The zero-order valence-electron chi connectivity index (χ0n) is 11.5. The van der Waals surface area contributed by atoms with Gasteiger partial charge in [0.2, 0.25) is 0 Å². The van der Waals surface area contributed by atoms with E-state index in [-0.39, 0.29) is 5.41 Å². The molecular formula is C15H22N2O. The summed E-state index contributed by atoms with van der Waals surface area (Å²) in [5.74, 6) is 0.663. The molecule has 0 spiro atoms. The summed E-state index contributed by atoms with van der Waals surface area (Å²) in [5, 5.41) is 8.24. The largest absolute Gasteiger partial charge is 0.385 e. The average molecular weight is 246 g/mol. The molecule has 0 radical (unpaired) electrons. The van der Waals surface area contributed by atoms with E-state index in [1.54, 1.807) is 7.11 Å². The number of hydrogen-bond acceptors (Lipinski definition) is 2. The lowest BCUT2D eigenvalue weighted by Gasteiger charge is -2.31. The molecule has 3 nitrogen and oxygen atoms in total. The summed E-state index contributed by atoms with van der Waals surface area (Å²) in [7, 11) is 1.74. The molecule has 0 saturated carbocycles. The molecule has 0 bridgehead atoms. The first-order valence-electron chi connectivity index (χ1n) is 6.44. The van der Waals surface area contributed by atoms with Crippen molar-refractivity contribution in [1.82, 2.24) is 4.90 Å². The van der Waals surface area contributed by atoms with Gasteiger partial charge in [-0.05, 0) is 17.4 Å². The Balaban J connectivity index is 2.03. The van der Waals surface area contributed by atoms with Gasteiger partial charge in [0.1, 0.15) is 5.84 Å². The normalized spacial score (nSPS) is 15.1. The summed E-state index contributed by atoms with van der Waals surface area (Å²) >= 11 is 0. The molecule has 0 atom stereocenters. The van der Waals surface area contributed by atoms with E-state index in [4.69, 9.17) is 10.1 Å². The lowest BCUT2D eigenvalue weighted by atomic mass is 9.89. The number of fused-ring (bicyclic) bond motifs is 1. The van der Waals surface area contributed by atoms with Crippen LogP contribution in [-0.2, 0) is 11.3 Å². The summed E-state index contributed by atoms with van der Waals surface area (Å²) in [5.41, 5.74) is 2.52. The number of nitrogens with one attached hydrogen (secondary N) is 1. The van der Waals surface area contributed by atoms with E-state index in [1.165, 1.54) is 5.56 Å². The Kier molecular flexibility index (Phi) is 3.71. The Morgan fingerprint density at radius 3 is 2.72 bits per heavy atom. The van der Waals surface area contributed by atoms with Crippen LogP contribution in [0.4, 0.5) is 0 Å². The Morgan fingerprint density at radius 2 is 2.06 bits per heavy atom. The summed E-state index contributed by atoms with van der Waals surface area (Å²) in [6, 6.07) is 8.21. The third-order valence-corrected chi connectivity index (χ3v) is 3.55. The first-order valence-corrected chi connectivity index (χ1v) is 6.44. The van der Waals surface area contributed by atoms with E-state index in [0.29, 0.717) is 5.84 Å². The van der Waals surface area contributed by atoms with E-state index in [0.717, 1.165) is 31.7 Å². The van der Waals surface area contributed by atoms with Crippen LogP contribution >= 0.6 is 0 Å². The molecule has 0 aliphatic carbocycles. The molecule has 18 heavy (non-hydrogen) atoms. The lowest BCUT2D eigenvalue weighted by Crippen LogP contribution is -2.35. The van der Waals surface area contributed by atoms with Crippen molar-refractivity contribution in [3.8, 4) is 0 Å². The second-order valence-electron chi connectivity index (χ2n) is 5.77. The van der Waals surface area contributed by atoms with Gasteiger partial charge in [0.25, 0.3) is 0 Å². The van der Waals surface area contributed by atoms with Gasteiger partial charge in [-0.25, -0.2) is 0 Å². The Hall–Kier alpha value is -1.35. The number of methoxy groups -OCH3 is 1. The van der Waals surface area contributed by atoms with Crippen molar-refractivity contribution in [1.29, 1.82) is 5.41 Å². The van der Waals surface area contributed by atoms with Crippen molar-refractivity contribution in [2.75, 3.05) is 20.3 Å². The van der Waals surface area contributed by atoms with Crippen LogP contribution in [0.15, 0.2) is 24.3 Å². The molecule has 98 valence electrons. The minimum atomic E-state index is 0.171. The van der Waals surface area contributed by atoms with Crippen LogP contribution in [0.5, 0.6) is 0 Å². The van der Waals surface area contributed by atoms with Crippen molar-refractivity contribution < 1.29 is 4.74 Å². The summed E-state index contributed by atoms with van der Waals surface area (Å²) < 4.78 is 5.16. The molecule has 3 heteroatoms. The summed E-state index contributed by atoms with van der Waals surface area (Å²) in [4.78, 5) is 2.17. The van der Waals surface area contributed by atoms with Crippen molar-refractivity contribution in [3.63, 3.8) is 0 Å². The van der Waals surface area contributed by atoms with Crippen molar-refractivity contribution in [2.45, 2.75) is 26.8 Å². The highest BCUT2D eigenvalue weighted by Crippen LogP contribution is 2.28. The van der Waals surface area contributed by atoms with Gasteiger partial charge in [0.15, 0.2) is 0 Å². The maximum Gasteiger partial charge on any atom is 0.128 e. The zero-order valence-corrected chi connectivity index (χ0v) is 11.5. The fourth-order valence-corrected chi connectivity index (χ4v) is 2.45. The van der Waals surface area contributed by atoms with E-state index in [9.17, 15) is 0 Å². The van der Waals surface area contributed by atoms with Crippen LogP contribution < -0.4 is 0 Å². The maximum absolute atomic E-state index is 8.24. The minimum absolute atomic E-state index is 0.171. The van der Waals surface area contributed by atoms with Gasteiger partial charge < -0.3 is 9.64 Å². The second kappa shape index (κ2) is 5.11. The molecule has 1 N–H and O–H groups in total. The highest BCUT2D eigenvalue weighted by molar-refractivity contribution is 6.00. The number of benzene rings is 1. The number of rotatable bonds is 5. The average Bonchev–Trinajstić information content (AvgIpc) is 2.64. The van der Waals surface area contributed by atoms with Gasteiger partial charge in [0, 0.05) is 32.4 Å². The minimum Gasteiger partial charge on any atom is -0.385 e. The molecule has 1 heterocycles. The molecule has 1 aromatic rings. The summed E-state index contributed by atoms with van der Waals surface area (Å²) in [6.07, 6.45) is 1.02. The molecule has 0 amide bonds. The van der Waals surface area contributed by atoms with Crippen molar-refractivity contribution in [2.24, 2.45) is 5.41 Å². The number of amidine groups is 1. The summed E-state index contributed by atoms with van der Waals surface area (Å²) in [6.45, 7) is 7.03. The first kappa shape index (κ1) is 13.1.